The molecule has 1 heterocycles. The molecule has 0 atom stereocenters. The molecule has 3 aromatic rings. The van der Waals surface area contributed by atoms with E-state index in [0.717, 1.165) is 20.0 Å². The topological polar surface area (TPSA) is 42.0 Å². The maximum Gasteiger partial charge on any atom is 0.274 e. The van der Waals surface area contributed by atoms with E-state index >= 15 is 0 Å². The molecule has 0 aliphatic heterocycles. The van der Waals surface area contributed by atoms with Gasteiger partial charge >= 0.3 is 0 Å². The Morgan fingerprint density at radius 3 is 2.60 bits per heavy atom. The van der Waals surface area contributed by atoms with Crippen molar-refractivity contribution in [2.75, 3.05) is 5.32 Å². The molecular weight excluding hydrogens is 363 g/mol. The highest BCUT2D eigenvalue weighted by Gasteiger charge is 2.12. The van der Waals surface area contributed by atoms with Gasteiger partial charge in [0.25, 0.3) is 5.91 Å². The predicted molar refractivity (Wildman–Crippen MR) is 88.9 cm³/mol. The summed E-state index contributed by atoms with van der Waals surface area (Å²) in [5, 5.41) is 4.78. The fourth-order valence-electron chi connectivity index (χ4n) is 2.04. The molecule has 0 aliphatic carbocycles. The normalized spacial score (nSPS) is 10.4. The largest absolute Gasteiger partial charge is 0.320 e. The van der Waals surface area contributed by atoms with E-state index in [9.17, 15) is 4.79 Å². The van der Waals surface area contributed by atoms with Gasteiger partial charge in [-0.3, -0.25) is 9.78 Å². The number of benzene rings is 2. The Balaban J connectivity index is 1.99. The van der Waals surface area contributed by atoms with Crippen molar-refractivity contribution >= 4 is 45.0 Å². The predicted octanol–water partition coefficient (Wildman–Crippen LogP) is 4.09. The van der Waals surface area contributed by atoms with Crippen LogP contribution in [0.1, 0.15) is 10.5 Å². The zero-order valence-corrected chi connectivity index (χ0v) is 12.7. The second-order valence-electron chi connectivity index (χ2n) is 4.31. The molecule has 0 saturated heterocycles. The molecule has 0 saturated carbocycles. The molecule has 0 unspecified atom stereocenters. The van der Waals surface area contributed by atoms with E-state index in [1.165, 1.54) is 0 Å². The van der Waals surface area contributed by atoms with Crippen LogP contribution in [-0.4, -0.2) is 10.9 Å². The Labute approximate surface area is 130 Å². The van der Waals surface area contributed by atoms with Gasteiger partial charge in [0.15, 0.2) is 0 Å². The van der Waals surface area contributed by atoms with Crippen LogP contribution in [0.3, 0.4) is 0 Å². The molecule has 98 valence electrons. The number of anilines is 1. The van der Waals surface area contributed by atoms with E-state index in [-0.39, 0.29) is 5.91 Å². The first kappa shape index (κ1) is 13.1. The first-order chi connectivity index (χ1) is 9.75. The number of halogens is 1. The first-order valence-electron chi connectivity index (χ1n) is 6.15. The Bertz CT molecular complexity index is 781. The van der Waals surface area contributed by atoms with Gasteiger partial charge in [0.2, 0.25) is 0 Å². The summed E-state index contributed by atoms with van der Waals surface area (Å²) in [5.74, 6) is -0.189. The molecule has 2 aromatic carbocycles. The van der Waals surface area contributed by atoms with Crippen molar-refractivity contribution in [3.05, 3.63) is 70.1 Å². The molecule has 0 radical (unpaired) electrons. The average molecular weight is 374 g/mol. The van der Waals surface area contributed by atoms with Crippen LogP contribution in [0, 0.1) is 3.57 Å². The van der Waals surface area contributed by atoms with Crippen molar-refractivity contribution in [2.24, 2.45) is 0 Å². The third-order valence-corrected chi connectivity index (χ3v) is 3.95. The smallest absolute Gasteiger partial charge is 0.274 e. The SMILES string of the molecule is O=C(Nc1ccccc1I)c1nccc2ccccc12. The van der Waals surface area contributed by atoms with E-state index in [0.29, 0.717) is 5.69 Å². The molecule has 0 spiro atoms. The minimum Gasteiger partial charge on any atom is -0.320 e. The van der Waals surface area contributed by atoms with Gasteiger partial charge in [-0.25, -0.2) is 0 Å². The Morgan fingerprint density at radius 2 is 1.75 bits per heavy atom. The van der Waals surface area contributed by atoms with Gasteiger partial charge in [0.1, 0.15) is 5.69 Å². The number of aromatic nitrogens is 1. The Kier molecular flexibility index (Phi) is 3.64. The molecule has 1 amide bonds. The lowest BCUT2D eigenvalue weighted by Crippen LogP contribution is -2.14. The number of para-hydroxylation sites is 1. The highest BCUT2D eigenvalue weighted by atomic mass is 127. The number of rotatable bonds is 2. The second-order valence-corrected chi connectivity index (χ2v) is 5.48. The molecule has 0 aliphatic rings. The van der Waals surface area contributed by atoms with Gasteiger partial charge in [-0.05, 0) is 46.2 Å². The van der Waals surface area contributed by atoms with Crippen LogP contribution in [0.15, 0.2) is 60.8 Å². The average Bonchev–Trinajstić information content (AvgIpc) is 2.49. The van der Waals surface area contributed by atoms with Crippen molar-refractivity contribution in [1.29, 1.82) is 0 Å². The fraction of sp³-hybridized carbons (Fsp3) is 0. The monoisotopic (exact) mass is 374 g/mol. The molecule has 0 bridgehead atoms. The quantitative estimate of drug-likeness (QED) is 0.687. The molecule has 3 nitrogen and oxygen atoms in total. The van der Waals surface area contributed by atoms with Crippen molar-refractivity contribution in [2.45, 2.75) is 0 Å². The lowest BCUT2D eigenvalue weighted by molar-refractivity contribution is 0.102. The summed E-state index contributed by atoms with van der Waals surface area (Å²) in [4.78, 5) is 16.6. The highest BCUT2D eigenvalue weighted by Crippen LogP contribution is 2.20. The van der Waals surface area contributed by atoms with Crippen LogP contribution in [-0.2, 0) is 0 Å². The van der Waals surface area contributed by atoms with Gasteiger partial charge in [-0.2, -0.15) is 0 Å². The second kappa shape index (κ2) is 5.58. The number of carbonyl (C=O) groups is 1. The Morgan fingerprint density at radius 1 is 1.00 bits per heavy atom. The zero-order chi connectivity index (χ0) is 13.9. The van der Waals surface area contributed by atoms with E-state index < -0.39 is 0 Å². The number of pyridine rings is 1. The lowest BCUT2D eigenvalue weighted by Gasteiger charge is -2.08. The van der Waals surface area contributed by atoms with Gasteiger partial charge < -0.3 is 5.32 Å². The summed E-state index contributed by atoms with van der Waals surface area (Å²) >= 11 is 2.20. The highest BCUT2D eigenvalue weighted by molar-refractivity contribution is 14.1. The molecule has 0 fully saturated rings. The van der Waals surface area contributed by atoms with Gasteiger partial charge in [-0.1, -0.05) is 36.4 Å². The van der Waals surface area contributed by atoms with Gasteiger partial charge in [-0.15, -0.1) is 0 Å². The summed E-state index contributed by atoms with van der Waals surface area (Å²) in [7, 11) is 0. The third-order valence-electron chi connectivity index (χ3n) is 3.01. The van der Waals surface area contributed by atoms with E-state index in [2.05, 4.69) is 32.9 Å². The van der Waals surface area contributed by atoms with Crippen molar-refractivity contribution < 1.29 is 4.79 Å². The zero-order valence-electron chi connectivity index (χ0n) is 10.5. The molecule has 1 aromatic heterocycles. The first-order valence-corrected chi connectivity index (χ1v) is 7.23. The number of fused-ring (bicyclic) bond motifs is 1. The minimum absolute atomic E-state index is 0.189. The van der Waals surface area contributed by atoms with Crippen LogP contribution in [0.2, 0.25) is 0 Å². The number of nitrogens with zero attached hydrogens (tertiary/aromatic N) is 1. The standard InChI is InChI=1S/C16H11IN2O/c17-13-7-3-4-8-14(13)19-16(20)15-12-6-2-1-5-11(12)9-10-18-15/h1-10H,(H,19,20). The van der Waals surface area contributed by atoms with Crippen molar-refractivity contribution in [3.8, 4) is 0 Å². The molecular formula is C16H11IN2O. The maximum absolute atomic E-state index is 12.4. The number of nitrogens with one attached hydrogen (secondary N) is 1. The van der Waals surface area contributed by atoms with Crippen LogP contribution in [0.5, 0.6) is 0 Å². The van der Waals surface area contributed by atoms with E-state index in [1.807, 2.05) is 54.6 Å². The maximum atomic E-state index is 12.4. The van der Waals surface area contributed by atoms with Crippen molar-refractivity contribution in [3.63, 3.8) is 0 Å². The lowest BCUT2D eigenvalue weighted by atomic mass is 10.1. The third kappa shape index (κ3) is 2.51. The number of hydrogen-bond acceptors (Lipinski definition) is 2. The minimum atomic E-state index is -0.189. The van der Waals surface area contributed by atoms with Crippen LogP contribution >= 0.6 is 22.6 Å². The van der Waals surface area contributed by atoms with Gasteiger partial charge in [0.05, 0.1) is 5.69 Å². The molecule has 1 N–H and O–H groups in total. The number of amides is 1. The number of carbonyl (C=O) groups excluding carboxylic acids is 1. The van der Waals surface area contributed by atoms with Crippen LogP contribution in [0.25, 0.3) is 10.8 Å². The van der Waals surface area contributed by atoms with Crippen LogP contribution in [0.4, 0.5) is 5.69 Å². The summed E-state index contributed by atoms with van der Waals surface area (Å²) in [5.41, 5.74) is 1.25. The molecule has 20 heavy (non-hydrogen) atoms. The summed E-state index contributed by atoms with van der Waals surface area (Å²) in [6, 6.07) is 17.3. The summed E-state index contributed by atoms with van der Waals surface area (Å²) in [6.07, 6.45) is 1.66. The summed E-state index contributed by atoms with van der Waals surface area (Å²) < 4.78 is 0.999. The van der Waals surface area contributed by atoms with Crippen LogP contribution < -0.4 is 5.32 Å². The van der Waals surface area contributed by atoms with Crippen molar-refractivity contribution in [1.82, 2.24) is 4.98 Å². The molecule has 3 rings (SSSR count). The van der Waals surface area contributed by atoms with E-state index in [1.54, 1.807) is 6.20 Å². The van der Waals surface area contributed by atoms with E-state index in [4.69, 9.17) is 0 Å². The number of hydrogen-bond donors (Lipinski definition) is 1. The fourth-order valence-corrected chi connectivity index (χ4v) is 2.57. The summed E-state index contributed by atoms with van der Waals surface area (Å²) in [6.45, 7) is 0. The molecule has 4 heteroatoms. The van der Waals surface area contributed by atoms with Gasteiger partial charge in [0, 0.05) is 15.2 Å². The Hall–Kier alpha value is -1.95.